The second kappa shape index (κ2) is 10.7. The van der Waals surface area contributed by atoms with Crippen LogP contribution in [-0.4, -0.2) is 49.7 Å². The molecular weight excluding hydrogens is 480 g/mol. The Morgan fingerprint density at radius 1 is 0.921 bits per heavy atom. The van der Waals surface area contributed by atoms with E-state index < -0.39 is 0 Å². The number of benzene rings is 2. The molecule has 0 radical (unpaired) electrons. The van der Waals surface area contributed by atoms with Crippen LogP contribution in [0.25, 0.3) is 21.9 Å². The number of likely N-dealkylation sites (tertiary alicyclic amines) is 1. The fourth-order valence-corrected chi connectivity index (χ4v) is 5.39. The summed E-state index contributed by atoms with van der Waals surface area (Å²) < 4.78 is 9.12. The molecular formula is C29H32N6O3. The third kappa shape index (κ3) is 5.02. The zero-order valence-corrected chi connectivity index (χ0v) is 21.3. The van der Waals surface area contributed by atoms with Gasteiger partial charge in [0, 0.05) is 25.7 Å². The SMILES string of the molecule is O=c1[nH]c2ccccc2c(=O)n1CCCCN1CCC(Nc2nc3ccccc3n2Cc2ccco2)CC1. The molecule has 38 heavy (non-hydrogen) atoms. The maximum atomic E-state index is 12.7. The van der Waals surface area contributed by atoms with Crippen LogP contribution in [-0.2, 0) is 13.1 Å². The molecule has 3 aromatic heterocycles. The van der Waals surface area contributed by atoms with E-state index in [9.17, 15) is 9.59 Å². The van der Waals surface area contributed by atoms with Crippen LogP contribution in [0.5, 0.6) is 0 Å². The Balaban J connectivity index is 1.02. The van der Waals surface area contributed by atoms with Crippen molar-refractivity contribution in [3.8, 4) is 0 Å². The third-order valence-electron chi connectivity index (χ3n) is 7.46. The minimum absolute atomic E-state index is 0.214. The van der Waals surface area contributed by atoms with Crippen molar-refractivity contribution in [2.24, 2.45) is 0 Å². The average molecular weight is 513 g/mol. The van der Waals surface area contributed by atoms with Crippen LogP contribution in [0.2, 0.25) is 0 Å². The first kappa shape index (κ1) is 24.2. The number of furan rings is 1. The number of H-pyrrole nitrogens is 1. The number of hydrogen-bond donors (Lipinski definition) is 2. The normalized spacial score (nSPS) is 14.9. The van der Waals surface area contributed by atoms with Gasteiger partial charge in [-0.2, -0.15) is 0 Å². The lowest BCUT2D eigenvalue weighted by Gasteiger charge is -2.32. The van der Waals surface area contributed by atoms with E-state index >= 15 is 0 Å². The van der Waals surface area contributed by atoms with Crippen molar-refractivity contribution >= 4 is 27.9 Å². The monoisotopic (exact) mass is 512 g/mol. The largest absolute Gasteiger partial charge is 0.467 e. The van der Waals surface area contributed by atoms with Crippen LogP contribution in [0.3, 0.4) is 0 Å². The number of para-hydroxylation sites is 3. The highest BCUT2D eigenvalue weighted by molar-refractivity contribution is 5.79. The van der Waals surface area contributed by atoms with Crippen molar-refractivity contribution in [3.05, 3.63) is 93.5 Å². The van der Waals surface area contributed by atoms with Crippen LogP contribution in [0.15, 0.2) is 80.9 Å². The number of imidazole rings is 1. The number of nitrogens with zero attached hydrogens (tertiary/aromatic N) is 4. The predicted octanol–water partition coefficient (Wildman–Crippen LogP) is 4.04. The Labute approximate surface area is 219 Å². The number of aromatic amines is 1. The molecule has 0 spiro atoms. The number of nitrogens with one attached hydrogen (secondary N) is 2. The topological polar surface area (TPSA) is 101 Å². The molecule has 1 fully saturated rings. The van der Waals surface area contributed by atoms with E-state index in [0.717, 1.165) is 68.1 Å². The van der Waals surface area contributed by atoms with Gasteiger partial charge in [0.2, 0.25) is 5.95 Å². The van der Waals surface area contributed by atoms with Gasteiger partial charge >= 0.3 is 5.69 Å². The summed E-state index contributed by atoms with van der Waals surface area (Å²) in [5.74, 6) is 1.78. The van der Waals surface area contributed by atoms with E-state index in [4.69, 9.17) is 9.40 Å². The molecule has 4 heterocycles. The van der Waals surface area contributed by atoms with Crippen molar-refractivity contribution < 1.29 is 4.42 Å². The fourth-order valence-electron chi connectivity index (χ4n) is 5.39. The van der Waals surface area contributed by atoms with Gasteiger partial charge in [0.25, 0.3) is 5.56 Å². The Morgan fingerprint density at radius 2 is 1.71 bits per heavy atom. The quantitative estimate of drug-likeness (QED) is 0.289. The lowest BCUT2D eigenvalue weighted by molar-refractivity contribution is 0.213. The van der Waals surface area contributed by atoms with Crippen molar-refractivity contribution in [1.29, 1.82) is 0 Å². The minimum Gasteiger partial charge on any atom is -0.467 e. The van der Waals surface area contributed by atoms with Gasteiger partial charge in [-0.1, -0.05) is 24.3 Å². The number of aromatic nitrogens is 4. The molecule has 0 amide bonds. The first-order chi connectivity index (χ1) is 18.7. The van der Waals surface area contributed by atoms with Crippen LogP contribution in [0.4, 0.5) is 5.95 Å². The second-order valence-electron chi connectivity index (χ2n) is 9.99. The van der Waals surface area contributed by atoms with Crippen LogP contribution in [0, 0.1) is 0 Å². The smallest absolute Gasteiger partial charge is 0.328 e. The molecule has 2 N–H and O–H groups in total. The molecule has 0 unspecified atom stereocenters. The molecule has 2 aromatic carbocycles. The molecule has 196 valence electrons. The first-order valence-electron chi connectivity index (χ1n) is 13.3. The predicted molar refractivity (Wildman–Crippen MR) is 149 cm³/mol. The van der Waals surface area contributed by atoms with Crippen molar-refractivity contribution in [2.45, 2.75) is 44.8 Å². The van der Waals surface area contributed by atoms with Gasteiger partial charge in [0.05, 0.1) is 34.7 Å². The molecule has 1 aliphatic heterocycles. The highest BCUT2D eigenvalue weighted by atomic mass is 16.3. The number of unbranched alkanes of at least 4 members (excludes halogenated alkanes) is 1. The van der Waals surface area contributed by atoms with Crippen molar-refractivity contribution in [2.75, 3.05) is 25.0 Å². The van der Waals surface area contributed by atoms with Crippen molar-refractivity contribution in [3.63, 3.8) is 0 Å². The second-order valence-corrected chi connectivity index (χ2v) is 9.99. The van der Waals surface area contributed by atoms with E-state index in [1.165, 1.54) is 4.57 Å². The van der Waals surface area contributed by atoms with Crippen LogP contribution in [0.1, 0.15) is 31.4 Å². The zero-order valence-electron chi connectivity index (χ0n) is 21.3. The summed E-state index contributed by atoms with van der Waals surface area (Å²) in [5, 5.41) is 4.25. The first-order valence-corrected chi connectivity index (χ1v) is 13.3. The number of rotatable bonds is 9. The number of anilines is 1. The maximum absolute atomic E-state index is 12.7. The number of fused-ring (bicyclic) bond motifs is 2. The number of piperidine rings is 1. The molecule has 0 aliphatic carbocycles. The molecule has 1 saturated heterocycles. The summed E-state index contributed by atoms with van der Waals surface area (Å²) in [6.45, 7) is 4.05. The van der Waals surface area contributed by atoms with E-state index in [-0.39, 0.29) is 11.2 Å². The maximum Gasteiger partial charge on any atom is 0.328 e. The summed E-state index contributed by atoms with van der Waals surface area (Å²) in [7, 11) is 0. The van der Waals surface area contributed by atoms with Gasteiger partial charge < -0.3 is 24.2 Å². The Hall–Kier alpha value is -4.11. The van der Waals surface area contributed by atoms with Gasteiger partial charge in [0.1, 0.15) is 5.76 Å². The lowest BCUT2D eigenvalue weighted by Crippen LogP contribution is -2.40. The van der Waals surface area contributed by atoms with E-state index in [0.29, 0.717) is 30.0 Å². The minimum atomic E-state index is -0.335. The average Bonchev–Trinajstić information content (AvgIpc) is 3.57. The highest BCUT2D eigenvalue weighted by Gasteiger charge is 2.21. The standard InChI is InChI=1S/C29H32N6O3/c36-27-23-9-1-2-10-24(23)32-29(37)34(27)16-6-5-15-33-17-13-21(14-18-33)30-28-31-25-11-3-4-12-26(25)35(28)20-22-8-7-19-38-22/h1-4,7-12,19,21H,5-6,13-18,20H2,(H,30,31)(H,32,37). The van der Waals surface area contributed by atoms with Gasteiger partial charge in [0.15, 0.2) is 0 Å². The Kier molecular flexibility index (Phi) is 6.83. The van der Waals surface area contributed by atoms with E-state index in [1.807, 2.05) is 42.5 Å². The number of hydrogen-bond acceptors (Lipinski definition) is 6. The fraction of sp³-hybridized carbons (Fsp3) is 0.345. The summed E-state index contributed by atoms with van der Waals surface area (Å²) in [4.78, 5) is 35.3. The Morgan fingerprint density at radius 3 is 2.55 bits per heavy atom. The van der Waals surface area contributed by atoms with Crippen LogP contribution < -0.4 is 16.6 Å². The molecule has 9 heteroatoms. The summed E-state index contributed by atoms with van der Waals surface area (Å²) in [5.41, 5.74) is 2.11. The van der Waals surface area contributed by atoms with Crippen molar-refractivity contribution in [1.82, 2.24) is 24.0 Å². The molecule has 5 aromatic rings. The molecule has 1 aliphatic rings. The molecule has 0 saturated carbocycles. The van der Waals surface area contributed by atoms with E-state index in [1.54, 1.807) is 18.4 Å². The highest BCUT2D eigenvalue weighted by Crippen LogP contribution is 2.24. The third-order valence-corrected chi connectivity index (χ3v) is 7.46. The Bertz CT molecular complexity index is 1640. The summed E-state index contributed by atoms with van der Waals surface area (Å²) in [6.07, 6.45) is 5.50. The van der Waals surface area contributed by atoms with Gasteiger partial charge in [-0.3, -0.25) is 9.36 Å². The lowest BCUT2D eigenvalue weighted by atomic mass is 10.0. The van der Waals surface area contributed by atoms with Gasteiger partial charge in [-0.15, -0.1) is 0 Å². The van der Waals surface area contributed by atoms with E-state index in [2.05, 4.69) is 25.8 Å². The summed E-state index contributed by atoms with van der Waals surface area (Å²) >= 11 is 0. The molecule has 0 atom stereocenters. The van der Waals surface area contributed by atoms with Gasteiger partial charge in [-0.25, -0.2) is 9.78 Å². The van der Waals surface area contributed by atoms with Gasteiger partial charge in [-0.05, 0) is 68.6 Å². The molecule has 6 rings (SSSR count). The summed E-state index contributed by atoms with van der Waals surface area (Å²) in [6, 6.07) is 19.6. The zero-order chi connectivity index (χ0) is 25.9. The molecule has 9 nitrogen and oxygen atoms in total. The van der Waals surface area contributed by atoms with Crippen LogP contribution >= 0.6 is 0 Å². The molecule has 0 bridgehead atoms.